The molecule has 1 unspecified atom stereocenters. The molecule has 1 amide bonds. The third kappa shape index (κ3) is 4.38. The average molecular weight is 502 g/mol. The van der Waals surface area contributed by atoms with Crippen molar-refractivity contribution < 1.29 is 9.53 Å². The van der Waals surface area contributed by atoms with Crippen molar-refractivity contribution in [2.75, 3.05) is 12.4 Å². The van der Waals surface area contributed by atoms with E-state index in [0.29, 0.717) is 32.0 Å². The standard InChI is InChI=1S/C27H23N3O3S2/c1-16-23(25(31)29-20-7-5-4-6-8-20)24(18-9-11-21(33-3)12-10-18)30-26(32)22(35-27(30)28-16)15-19-13-14-34-17(19)2/h4-15,24H,1-3H3,(H,29,31)/b22-15+. The van der Waals surface area contributed by atoms with Gasteiger partial charge in [0.15, 0.2) is 4.80 Å². The summed E-state index contributed by atoms with van der Waals surface area (Å²) >= 11 is 2.98. The van der Waals surface area contributed by atoms with Crippen LogP contribution in [0.15, 0.2) is 87.1 Å². The van der Waals surface area contributed by atoms with Gasteiger partial charge in [0.1, 0.15) is 5.75 Å². The third-order valence-electron chi connectivity index (χ3n) is 5.92. The van der Waals surface area contributed by atoms with Crippen LogP contribution in [0.5, 0.6) is 5.75 Å². The number of aromatic nitrogens is 1. The molecule has 1 aliphatic rings. The fourth-order valence-corrected chi connectivity index (χ4v) is 5.84. The lowest BCUT2D eigenvalue weighted by Crippen LogP contribution is -2.40. The van der Waals surface area contributed by atoms with Crippen LogP contribution in [0.25, 0.3) is 6.08 Å². The second-order valence-electron chi connectivity index (χ2n) is 8.11. The lowest BCUT2D eigenvalue weighted by molar-refractivity contribution is -0.113. The van der Waals surface area contributed by atoms with Crippen LogP contribution in [0.2, 0.25) is 0 Å². The van der Waals surface area contributed by atoms with Gasteiger partial charge in [0.2, 0.25) is 0 Å². The predicted octanol–water partition coefficient (Wildman–Crippen LogP) is 4.25. The van der Waals surface area contributed by atoms with Gasteiger partial charge in [-0.05, 0) is 66.8 Å². The summed E-state index contributed by atoms with van der Waals surface area (Å²) in [5.74, 6) is 0.409. The van der Waals surface area contributed by atoms with Crippen molar-refractivity contribution in [1.82, 2.24) is 4.57 Å². The Hall–Kier alpha value is -3.75. The van der Waals surface area contributed by atoms with E-state index in [0.717, 1.165) is 16.0 Å². The monoisotopic (exact) mass is 501 g/mol. The Morgan fingerprint density at radius 3 is 2.49 bits per heavy atom. The number of anilines is 1. The number of fused-ring (bicyclic) bond motifs is 1. The van der Waals surface area contributed by atoms with Gasteiger partial charge in [-0.1, -0.05) is 41.7 Å². The molecular weight excluding hydrogens is 478 g/mol. The SMILES string of the molecule is COc1ccc(C2C(C(=O)Nc3ccccc3)=C(C)N=c3s/c(=C/c4ccsc4C)c(=O)n32)cc1. The number of ether oxygens (including phenoxy) is 1. The maximum atomic E-state index is 13.7. The average Bonchev–Trinajstić information content (AvgIpc) is 3.41. The van der Waals surface area contributed by atoms with E-state index in [2.05, 4.69) is 5.32 Å². The van der Waals surface area contributed by atoms with Crippen LogP contribution < -0.4 is 24.9 Å². The van der Waals surface area contributed by atoms with Gasteiger partial charge in [-0.3, -0.25) is 14.2 Å². The first-order valence-electron chi connectivity index (χ1n) is 11.0. The van der Waals surface area contributed by atoms with Gasteiger partial charge in [-0.25, -0.2) is 4.99 Å². The molecule has 176 valence electrons. The molecule has 35 heavy (non-hydrogen) atoms. The predicted molar refractivity (Wildman–Crippen MR) is 141 cm³/mol. The van der Waals surface area contributed by atoms with E-state index in [-0.39, 0.29) is 11.5 Å². The number of hydrogen-bond donors (Lipinski definition) is 1. The van der Waals surface area contributed by atoms with Gasteiger partial charge < -0.3 is 10.1 Å². The number of thiazole rings is 1. The van der Waals surface area contributed by atoms with Gasteiger partial charge in [-0.15, -0.1) is 11.3 Å². The fraction of sp³-hybridized carbons (Fsp3) is 0.148. The molecule has 0 fully saturated rings. The summed E-state index contributed by atoms with van der Waals surface area (Å²) < 4.78 is 7.53. The van der Waals surface area contributed by atoms with E-state index in [1.807, 2.05) is 86.0 Å². The lowest BCUT2D eigenvalue weighted by atomic mass is 9.95. The molecule has 5 rings (SSSR count). The number of thiophene rings is 1. The minimum Gasteiger partial charge on any atom is -0.497 e. The van der Waals surface area contributed by atoms with Gasteiger partial charge in [0.05, 0.1) is 29.0 Å². The van der Waals surface area contributed by atoms with Crippen LogP contribution in [0.1, 0.15) is 29.0 Å². The Morgan fingerprint density at radius 2 is 1.83 bits per heavy atom. The Balaban J connectivity index is 1.68. The second-order valence-corrected chi connectivity index (χ2v) is 10.2. The first-order valence-corrected chi connectivity index (χ1v) is 12.7. The topological polar surface area (TPSA) is 72.7 Å². The summed E-state index contributed by atoms with van der Waals surface area (Å²) in [5.41, 5.74) is 3.34. The van der Waals surface area contributed by atoms with Crippen molar-refractivity contribution in [3.63, 3.8) is 0 Å². The fourth-order valence-electron chi connectivity index (χ4n) is 4.12. The second kappa shape index (κ2) is 9.48. The Labute approximate surface area is 210 Å². The Bertz CT molecular complexity index is 1610. The number of rotatable bonds is 5. The molecule has 0 saturated heterocycles. The lowest BCUT2D eigenvalue weighted by Gasteiger charge is -2.25. The summed E-state index contributed by atoms with van der Waals surface area (Å²) in [5, 5.41) is 4.97. The Morgan fingerprint density at radius 1 is 1.09 bits per heavy atom. The highest BCUT2D eigenvalue weighted by molar-refractivity contribution is 7.10. The molecule has 0 spiro atoms. The summed E-state index contributed by atoms with van der Waals surface area (Å²) in [6.45, 7) is 3.85. The van der Waals surface area contributed by atoms with Crippen LogP contribution in [-0.4, -0.2) is 17.6 Å². The quantitative estimate of drug-likeness (QED) is 0.444. The zero-order chi connectivity index (χ0) is 24.5. The third-order valence-corrected chi connectivity index (χ3v) is 7.76. The number of carbonyl (C=O) groups excluding carboxylic acids is 1. The number of amides is 1. The van der Waals surface area contributed by atoms with Crippen molar-refractivity contribution >= 4 is 40.3 Å². The highest BCUT2D eigenvalue weighted by Gasteiger charge is 2.32. The molecule has 2 aromatic heterocycles. The smallest absolute Gasteiger partial charge is 0.271 e. The van der Waals surface area contributed by atoms with Crippen LogP contribution >= 0.6 is 22.7 Å². The van der Waals surface area contributed by atoms with Gasteiger partial charge in [0.25, 0.3) is 11.5 Å². The van der Waals surface area contributed by atoms with Crippen molar-refractivity contribution in [2.45, 2.75) is 19.9 Å². The maximum absolute atomic E-state index is 13.7. The number of hydrogen-bond acceptors (Lipinski definition) is 6. The molecule has 6 nitrogen and oxygen atoms in total. The number of para-hydroxylation sites is 1. The van der Waals surface area contributed by atoms with Crippen LogP contribution in [0.4, 0.5) is 5.69 Å². The molecule has 1 N–H and O–H groups in total. The highest BCUT2D eigenvalue weighted by atomic mass is 32.1. The minimum atomic E-state index is -0.619. The van der Waals surface area contributed by atoms with Crippen LogP contribution in [0, 0.1) is 6.92 Å². The number of benzene rings is 2. The number of methoxy groups -OCH3 is 1. The van der Waals surface area contributed by atoms with Crippen molar-refractivity contribution in [3.05, 3.63) is 113 Å². The molecule has 4 aromatic rings. The zero-order valence-electron chi connectivity index (χ0n) is 19.4. The highest BCUT2D eigenvalue weighted by Crippen LogP contribution is 2.31. The van der Waals surface area contributed by atoms with Gasteiger partial charge >= 0.3 is 0 Å². The summed E-state index contributed by atoms with van der Waals surface area (Å²) in [6.07, 6.45) is 1.91. The largest absolute Gasteiger partial charge is 0.497 e. The number of allylic oxidation sites excluding steroid dienone is 1. The number of nitrogens with one attached hydrogen (secondary N) is 1. The van der Waals surface area contributed by atoms with E-state index in [9.17, 15) is 9.59 Å². The van der Waals surface area contributed by atoms with Crippen LogP contribution in [0.3, 0.4) is 0 Å². The molecule has 0 bridgehead atoms. The molecule has 3 heterocycles. The van der Waals surface area contributed by atoms with Gasteiger partial charge in [0, 0.05) is 10.6 Å². The number of aryl methyl sites for hydroxylation is 1. The first-order chi connectivity index (χ1) is 17.0. The zero-order valence-corrected chi connectivity index (χ0v) is 21.1. The molecule has 1 atom stereocenters. The van der Waals surface area contributed by atoms with Crippen molar-refractivity contribution in [2.24, 2.45) is 4.99 Å². The maximum Gasteiger partial charge on any atom is 0.271 e. The van der Waals surface area contributed by atoms with Gasteiger partial charge in [-0.2, -0.15) is 0 Å². The molecule has 0 aliphatic carbocycles. The first kappa shape index (κ1) is 23.0. The van der Waals surface area contributed by atoms with E-state index < -0.39 is 6.04 Å². The molecule has 0 radical (unpaired) electrons. The molecule has 0 saturated carbocycles. The molecule has 2 aromatic carbocycles. The Kier molecular flexibility index (Phi) is 6.23. The van der Waals surface area contributed by atoms with Crippen LogP contribution in [-0.2, 0) is 4.79 Å². The summed E-state index contributed by atoms with van der Waals surface area (Å²) in [4.78, 5) is 33.6. The van der Waals surface area contributed by atoms with E-state index in [1.54, 1.807) is 23.0 Å². The van der Waals surface area contributed by atoms with Crippen molar-refractivity contribution in [1.29, 1.82) is 0 Å². The van der Waals surface area contributed by atoms with E-state index >= 15 is 0 Å². The number of carbonyl (C=O) groups is 1. The minimum absolute atomic E-state index is 0.169. The molecule has 8 heteroatoms. The number of nitrogens with zero attached hydrogens (tertiary/aromatic N) is 2. The normalized spacial score (nSPS) is 15.5. The van der Waals surface area contributed by atoms with Crippen molar-refractivity contribution in [3.8, 4) is 5.75 Å². The summed E-state index contributed by atoms with van der Waals surface area (Å²) in [6, 6.07) is 18.1. The summed E-state index contributed by atoms with van der Waals surface area (Å²) in [7, 11) is 1.60. The van der Waals surface area contributed by atoms with E-state index in [1.165, 1.54) is 11.3 Å². The van der Waals surface area contributed by atoms with E-state index in [4.69, 9.17) is 9.73 Å². The molecular formula is C27H23N3O3S2. The molecule has 1 aliphatic heterocycles.